The van der Waals surface area contributed by atoms with Gasteiger partial charge in [0.25, 0.3) is 15.9 Å². The van der Waals surface area contributed by atoms with Gasteiger partial charge in [0, 0.05) is 18.3 Å². The predicted octanol–water partition coefficient (Wildman–Crippen LogP) is 5.59. The summed E-state index contributed by atoms with van der Waals surface area (Å²) in [6.07, 6.45) is 0. The van der Waals surface area contributed by atoms with E-state index in [1.807, 2.05) is 61.5 Å². The topological polar surface area (TPSA) is 84.9 Å². The third-order valence-corrected chi connectivity index (χ3v) is 7.45. The number of sulfonamides is 1. The Hall–Kier alpha value is -4.30. The summed E-state index contributed by atoms with van der Waals surface area (Å²) in [6, 6.07) is 30.2. The number of carbonyl (C=O) groups is 1. The predicted molar refractivity (Wildman–Crippen MR) is 146 cm³/mol. The van der Waals surface area contributed by atoms with Gasteiger partial charge in [0.2, 0.25) is 0 Å². The Morgan fingerprint density at radius 2 is 1.38 bits per heavy atom. The third-order valence-electron chi connectivity index (χ3n) is 5.65. The van der Waals surface area contributed by atoms with Crippen molar-refractivity contribution >= 4 is 27.3 Å². The molecular weight excluding hydrogens is 488 g/mol. The summed E-state index contributed by atoms with van der Waals surface area (Å²) in [6.45, 7) is 2.18. The molecule has 37 heavy (non-hydrogen) atoms. The van der Waals surface area contributed by atoms with Crippen molar-refractivity contribution in [2.75, 3.05) is 29.9 Å². The molecule has 190 valence electrons. The number of anilines is 2. The molecule has 4 aromatic rings. The average molecular weight is 517 g/mol. The van der Waals surface area contributed by atoms with Crippen LogP contribution in [0.15, 0.2) is 108 Å². The van der Waals surface area contributed by atoms with Crippen LogP contribution in [0.4, 0.5) is 11.4 Å². The van der Waals surface area contributed by atoms with Crippen molar-refractivity contribution in [1.29, 1.82) is 0 Å². The van der Waals surface area contributed by atoms with Gasteiger partial charge in [0.15, 0.2) is 6.61 Å². The van der Waals surface area contributed by atoms with E-state index in [1.165, 1.54) is 23.5 Å². The number of nitrogens with one attached hydrogen (secondary N) is 1. The third kappa shape index (κ3) is 6.29. The lowest BCUT2D eigenvalue weighted by Gasteiger charge is -2.20. The molecule has 0 bridgehead atoms. The van der Waals surface area contributed by atoms with Gasteiger partial charge < -0.3 is 14.8 Å². The summed E-state index contributed by atoms with van der Waals surface area (Å²) < 4.78 is 38.2. The molecule has 0 aliphatic rings. The van der Waals surface area contributed by atoms with E-state index in [9.17, 15) is 13.2 Å². The van der Waals surface area contributed by atoms with E-state index in [4.69, 9.17) is 9.47 Å². The van der Waals surface area contributed by atoms with Crippen LogP contribution in [0.5, 0.6) is 11.5 Å². The van der Waals surface area contributed by atoms with Crippen LogP contribution in [-0.4, -0.2) is 34.6 Å². The van der Waals surface area contributed by atoms with E-state index >= 15 is 0 Å². The Balaban J connectivity index is 1.37. The fourth-order valence-corrected chi connectivity index (χ4v) is 4.92. The Kier molecular flexibility index (Phi) is 8.10. The van der Waals surface area contributed by atoms with E-state index in [-0.39, 0.29) is 17.4 Å². The van der Waals surface area contributed by atoms with Crippen molar-refractivity contribution in [3.63, 3.8) is 0 Å². The number of benzene rings is 4. The van der Waals surface area contributed by atoms with E-state index in [1.54, 1.807) is 36.4 Å². The standard InChI is InChI=1S/C29H28N2O5S/c1-3-35-24-17-19-26(20-18-24)37(33,34)31(2)23-13-15-25(16-14-23)36-21-29(32)30-28-12-8-7-11-27(28)22-9-5-4-6-10-22/h4-20H,3,21H2,1-2H3,(H,30,32). The van der Waals surface area contributed by atoms with Crippen LogP contribution in [0.2, 0.25) is 0 Å². The zero-order valence-electron chi connectivity index (χ0n) is 20.6. The van der Waals surface area contributed by atoms with Crippen molar-refractivity contribution < 1.29 is 22.7 Å². The summed E-state index contributed by atoms with van der Waals surface area (Å²) >= 11 is 0. The Morgan fingerprint density at radius 1 is 0.784 bits per heavy atom. The van der Waals surface area contributed by atoms with E-state index in [0.29, 0.717) is 29.5 Å². The number of amides is 1. The molecule has 1 amide bonds. The SMILES string of the molecule is CCOc1ccc(S(=O)(=O)N(C)c2ccc(OCC(=O)Nc3ccccc3-c3ccccc3)cc2)cc1. The first kappa shape index (κ1) is 25.8. The largest absolute Gasteiger partial charge is 0.494 e. The highest BCUT2D eigenvalue weighted by molar-refractivity contribution is 7.92. The molecule has 0 saturated heterocycles. The molecule has 0 aliphatic carbocycles. The highest BCUT2D eigenvalue weighted by atomic mass is 32.2. The highest BCUT2D eigenvalue weighted by Crippen LogP contribution is 2.28. The lowest BCUT2D eigenvalue weighted by atomic mass is 10.0. The van der Waals surface area contributed by atoms with Gasteiger partial charge in [0.1, 0.15) is 11.5 Å². The van der Waals surface area contributed by atoms with Crippen LogP contribution in [0, 0.1) is 0 Å². The van der Waals surface area contributed by atoms with E-state index < -0.39 is 10.0 Å². The molecule has 0 aliphatic heterocycles. The number of hydrogen-bond acceptors (Lipinski definition) is 5. The van der Waals surface area contributed by atoms with Crippen LogP contribution in [-0.2, 0) is 14.8 Å². The monoisotopic (exact) mass is 516 g/mol. The van der Waals surface area contributed by atoms with Crippen molar-refractivity contribution in [3.8, 4) is 22.6 Å². The van der Waals surface area contributed by atoms with Gasteiger partial charge in [0.05, 0.1) is 17.2 Å². The van der Waals surface area contributed by atoms with Crippen LogP contribution >= 0.6 is 0 Å². The van der Waals surface area contributed by atoms with E-state index in [2.05, 4.69) is 5.32 Å². The Bertz CT molecular complexity index is 1440. The molecule has 1 N–H and O–H groups in total. The Labute approximate surface area is 217 Å². The van der Waals surface area contributed by atoms with E-state index in [0.717, 1.165) is 11.1 Å². The first-order valence-corrected chi connectivity index (χ1v) is 13.2. The van der Waals surface area contributed by atoms with Crippen LogP contribution in [0.3, 0.4) is 0 Å². The van der Waals surface area contributed by atoms with Crippen molar-refractivity contribution in [2.24, 2.45) is 0 Å². The number of carbonyl (C=O) groups excluding carboxylic acids is 1. The minimum Gasteiger partial charge on any atom is -0.494 e. The second-order valence-electron chi connectivity index (χ2n) is 8.12. The van der Waals surface area contributed by atoms with Crippen LogP contribution < -0.4 is 19.1 Å². The molecule has 4 aromatic carbocycles. The minimum absolute atomic E-state index is 0.159. The number of para-hydroxylation sites is 1. The minimum atomic E-state index is -3.75. The second-order valence-corrected chi connectivity index (χ2v) is 10.1. The zero-order valence-corrected chi connectivity index (χ0v) is 21.4. The smallest absolute Gasteiger partial charge is 0.264 e. The lowest BCUT2D eigenvalue weighted by molar-refractivity contribution is -0.118. The molecule has 0 unspecified atom stereocenters. The lowest BCUT2D eigenvalue weighted by Crippen LogP contribution is -2.26. The van der Waals surface area contributed by atoms with Crippen molar-refractivity contribution in [3.05, 3.63) is 103 Å². The van der Waals surface area contributed by atoms with Gasteiger partial charge in [-0.1, -0.05) is 48.5 Å². The number of ether oxygens (including phenoxy) is 2. The zero-order chi connectivity index (χ0) is 26.3. The molecule has 4 rings (SSSR count). The van der Waals surface area contributed by atoms with Gasteiger partial charge in [-0.25, -0.2) is 8.42 Å². The molecule has 0 spiro atoms. The number of hydrogen-bond donors (Lipinski definition) is 1. The molecule has 0 atom stereocenters. The molecular formula is C29H28N2O5S. The molecule has 0 heterocycles. The fourth-order valence-electron chi connectivity index (χ4n) is 3.72. The molecule has 7 nitrogen and oxygen atoms in total. The maximum Gasteiger partial charge on any atom is 0.264 e. The summed E-state index contributed by atoms with van der Waals surface area (Å²) in [5, 5.41) is 2.90. The maximum absolute atomic E-state index is 13.0. The normalized spacial score (nSPS) is 11.0. The fraction of sp³-hybridized carbons (Fsp3) is 0.138. The van der Waals surface area contributed by atoms with Gasteiger partial charge in [-0.15, -0.1) is 0 Å². The first-order valence-electron chi connectivity index (χ1n) is 11.8. The van der Waals surface area contributed by atoms with Gasteiger partial charge in [-0.2, -0.15) is 0 Å². The van der Waals surface area contributed by atoms with Gasteiger partial charge >= 0.3 is 0 Å². The van der Waals surface area contributed by atoms with Crippen LogP contribution in [0.25, 0.3) is 11.1 Å². The van der Waals surface area contributed by atoms with Gasteiger partial charge in [-0.05, 0) is 67.1 Å². The summed E-state index contributed by atoms with van der Waals surface area (Å²) in [7, 11) is -2.27. The number of rotatable bonds is 10. The van der Waals surface area contributed by atoms with Crippen LogP contribution in [0.1, 0.15) is 6.92 Å². The Morgan fingerprint density at radius 3 is 2.05 bits per heavy atom. The van der Waals surface area contributed by atoms with Crippen molar-refractivity contribution in [2.45, 2.75) is 11.8 Å². The molecule has 8 heteroatoms. The van der Waals surface area contributed by atoms with Gasteiger partial charge in [-0.3, -0.25) is 9.10 Å². The highest BCUT2D eigenvalue weighted by Gasteiger charge is 2.21. The first-order chi connectivity index (χ1) is 17.9. The average Bonchev–Trinajstić information content (AvgIpc) is 2.93. The van der Waals surface area contributed by atoms with Crippen molar-refractivity contribution in [1.82, 2.24) is 0 Å². The number of nitrogens with zero attached hydrogens (tertiary/aromatic N) is 1. The summed E-state index contributed by atoms with van der Waals surface area (Å²) in [5.74, 6) is 0.753. The molecule has 0 saturated carbocycles. The molecule has 0 aromatic heterocycles. The second kappa shape index (κ2) is 11.6. The molecule has 0 radical (unpaired) electrons. The molecule has 0 fully saturated rings. The summed E-state index contributed by atoms with van der Waals surface area (Å²) in [4.78, 5) is 12.7. The maximum atomic E-state index is 13.0. The quantitative estimate of drug-likeness (QED) is 0.297. The summed E-state index contributed by atoms with van der Waals surface area (Å²) in [5.41, 5.74) is 3.07.